The molecule has 0 fully saturated rings. The molecule has 0 spiro atoms. The summed E-state index contributed by atoms with van der Waals surface area (Å²) >= 11 is 0. The molecule has 1 aromatic carbocycles. The van der Waals surface area contributed by atoms with Gasteiger partial charge in [0, 0.05) is 12.6 Å². The number of anilines is 1. The fraction of sp³-hybridized carbons (Fsp3) is 0.333. The predicted molar refractivity (Wildman–Crippen MR) is 66.3 cm³/mol. The van der Waals surface area contributed by atoms with Crippen LogP contribution in [0.4, 0.5) is 5.69 Å². The molecular formula is C12H17NO5. The molecule has 0 heterocycles. The number of carboxylic acid groups (broad SMARTS) is 1. The minimum Gasteiger partial charge on any atom is -0.481 e. The number of nitrogens with one attached hydrogen (secondary N) is 1. The van der Waals surface area contributed by atoms with E-state index in [-0.39, 0.29) is 6.54 Å². The maximum atomic E-state index is 10.8. The zero-order valence-corrected chi connectivity index (χ0v) is 10.3. The zero-order chi connectivity index (χ0) is 14.0. The minimum atomic E-state index is -1.12. The molecule has 0 aliphatic rings. The van der Waals surface area contributed by atoms with Gasteiger partial charge in [-0.25, -0.2) is 4.79 Å². The summed E-state index contributed by atoms with van der Waals surface area (Å²) in [5.41, 5.74) is 0.857. The molecule has 6 heteroatoms. The SMILES string of the molecule is CC(=O)O.COC(=O)C(O)CNc1ccccc1. The molecule has 1 aromatic rings. The second-order valence-electron chi connectivity index (χ2n) is 3.30. The van der Waals surface area contributed by atoms with Crippen LogP contribution in [0.1, 0.15) is 6.92 Å². The van der Waals surface area contributed by atoms with Crippen molar-refractivity contribution in [1.82, 2.24) is 0 Å². The number of aliphatic hydroxyl groups excluding tert-OH is 1. The Hall–Kier alpha value is -2.08. The summed E-state index contributed by atoms with van der Waals surface area (Å²) in [5.74, 6) is -1.46. The van der Waals surface area contributed by atoms with E-state index < -0.39 is 18.0 Å². The van der Waals surface area contributed by atoms with Gasteiger partial charge >= 0.3 is 5.97 Å². The van der Waals surface area contributed by atoms with Crippen LogP contribution in [-0.4, -0.2) is 41.9 Å². The second kappa shape index (κ2) is 9.00. The van der Waals surface area contributed by atoms with Crippen LogP contribution in [0.2, 0.25) is 0 Å². The number of aliphatic carboxylic acids is 1. The summed E-state index contributed by atoms with van der Waals surface area (Å²) in [6.07, 6.45) is -1.12. The number of carbonyl (C=O) groups is 2. The Kier molecular flexibility index (Phi) is 7.96. The van der Waals surface area contributed by atoms with Crippen LogP contribution in [0.5, 0.6) is 0 Å². The Morgan fingerprint density at radius 3 is 2.28 bits per heavy atom. The second-order valence-corrected chi connectivity index (χ2v) is 3.30. The first-order valence-corrected chi connectivity index (χ1v) is 5.21. The van der Waals surface area contributed by atoms with Gasteiger partial charge in [0.15, 0.2) is 6.10 Å². The van der Waals surface area contributed by atoms with Crippen molar-refractivity contribution in [2.45, 2.75) is 13.0 Å². The third-order valence-corrected chi connectivity index (χ3v) is 1.75. The fourth-order valence-corrected chi connectivity index (χ4v) is 0.990. The van der Waals surface area contributed by atoms with Gasteiger partial charge in [-0.05, 0) is 12.1 Å². The van der Waals surface area contributed by atoms with Gasteiger partial charge in [-0.2, -0.15) is 0 Å². The summed E-state index contributed by atoms with van der Waals surface area (Å²) in [6.45, 7) is 1.23. The first-order valence-electron chi connectivity index (χ1n) is 5.21. The number of hydrogen-bond donors (Lipinski definition) is 3. The molecule has 0 aliphatic heterocycles. The number of carbonyl (C=O) groups excluding carboxylic acids is 1. The largest absolute Gasteiger partial charge is 0.481 e. The first kappa shape index (κ1) is 15.9. The summed E-state index contributed by atoms with van der Waals surface area (Å²) in [4.78, 5) is 19.8. The van der Waals surface area contributed by atoms with Crippen LogP contribution in [0.15, 0.2) is 30.3 Å². The van der Waals surface area contributed by atoms with E-state index >= 15 is 0 Å². The summed E-state index contributed by atoms with van der Waals surface area (Å²) in [7, 11) is 1.24. The molecule has 0 aliphatic carbocycles. The van der Waals surface area contributed by atoms with Crippen molar-refractivity contribution < 1.29 is 24.5 Å². The average Bonchev–Trinajstić information content (AvgIpc) is 2.35. The van der Waals surface area contributed by atoms with E-state index in [0.717, 1.165) is 12.6 Å². The quantitative estimate of drug-likeness (QED) is 0.686. The molecule has 0 bridgehead atoms. The van der Waals surface area contributed by atoms with E-state index in [9.17, 15) is 9.90 Å². The van der Waals surface area contributed by atoms with Crippen molar-refractivity contribution in [2.24, 2.45) is 0 Å². The number of aliphatic hydroxyl groups is 1. The molecule has 0 radical (unpaired) electrons. The third-order valence-electron chi connectivity index (χ3n) is 1.75. The van der Waals surface area contributed by atoms with Crippen LogP contribution in [0, 0.1) is 0 Å². The van der Waals surface area contributed by atoms with Gasteiger partial charge in [-0.3, -0.25) is 4.79 Å². The smallest absolute Gasteiger partial charge is 0.336 e. The van der Waals surface area contributed by atoms with Gasteiger partial charge in [0.25, 0.3) is 5.97 Å². The lowest BCUT2D eigenvalue weighted by molar-refractivity contribution is -0.149. The molecule has 3 N–H and O–H groups in total. The molecule has 0 saturated carbocycles. The number of carboxylic acids is 1. The highest BCUT2D eigenvalue weighted by atomic mass is 16.5. The predicted octanol–water partition coefficient (Wildman–Crippen LogP) is 0.723. The molecule has 6 nitrogen and oxygen atoms in total. The number of ether oxygens (including phenoxy) is 1. The Morgan fingerprint density at radius 1 is 1.33 bits per heavy atom. The van der Waals surface area contributed by atoms with E-state index in [2.05, 4.69) is 10.1 Å². The van der Waals surface area contributed by atoms with Crippen molar-refractivity contribution in [3.05, 3.63) is 30.3 Å². The van der Waals surface area contributed by atoms with E-state index in [1.165, 1.54) is 7.11 Å². The Balaban J connectivity index is 0.000000631. The highest BCUT2D eigenvalue weighted by Gasteiger charge is 2.14. The number of hydrogen-bond acceptors (Lipinski definition) is 5. The van der Waals surface area contributed by atoms with Gasteiger partial charge in [0.2, 0.25) is 0 Å². The molecule has 1 rings (SSSR count). The van der Waals surface area contributed by atoms with Crippen LogP contribution >= 0.6 is 0 Å². The van der Waals surface area contributed by atoms with Gasteiger partial charge in [-0.1, -0.05) is 18.2 Å². The topological polar surface area (TPSA) is 95.9 Å². The maximum absolute atomic E-state index is 10.8. The molecule has 1 atom stereocenters. The highest BCUT2D eigenvalue weighted by molar-refractivity contribution is 5.75. The van der Waals surface area contributed by atoms with Crippen LogP contribution in [0.25, 0.3) is 0 Å². The maximum Gasteiger partial charge on any atom is 0.336 e. The monoisotopic (exact) mass is 255 g/mol. The summed E-state index contributed by atoms with van der Waals surface area (Å²) in [5, 5.41) is 19.6. The lowest BCUT2D eigenvalue weighted by Gasteiger charge is -2.10. The summed E-state index contributed by atoms with van der Waals surface area (Å²) < 4.78 is 4.37. The molecular weight excluding hydrogens is 238 g/mol. The number of esters is 1. The van der Waals surface area contributed by atoms with E-state index in [1.54, 1.807) is 0 Å². The highest BCUT2D eigenvalue weighted by Crippen LogP contribution is 2.04. The van der Waals surface area contributed by atoms with E-state index in [0.29, 0.717) is 0 Å². The van der Waals surface area contributed by atoms with Crippen molar-refractivity contribution >= 4 is 17.6 Å². The Bertz CT molecular complexity index is 362. The molecule has 100 valence electrons. The van der Waals surface area contributed by atoms with E-state index in [4.69, 9.17) is 9.90 Å². The Labute approximate surface area is 105 Å². The van der Waals surface area contributed by atoms with Crippen molar-refractivity contribution in [1.29, 1.82) is 0 Å². The van der Waals surface area contributed by atoms with Crippen LogP contribution in [0.3, 0.4) is 0 Å². The van der Waals surface area contributed by atoms with Gasteiger partial charge in [0.05, 0.1) is 13.7 Å². The molecule has 18 heavy (non-hydrogen) atoms. The normalized spacial score (nSPS) is 10.6. The number of benzene rings is 1. The standard InChI is InChI=1S/C10H13NO3.C2H4O2/c1-14-10(13)9(12)7-11-8-5-3-2-4-6-8;1-2(3)4/h2-6,9,11-12H,7H2,1H3;1H3,(H,3,4). The Morgan fingerprint density at radius 2 is 1.83 bits per heavy atom. The number of para-hydroxylation sites is 1. The number of methoxy groups -OCH3 is 1. The lowest BCUT2D eigenvalue weighted by Crippen LogP contribution is -2.29. The average molecular weight is 255 g/mol. The van der Waals surface area contributed by atoms with Gasteiger partial charge < -0.3 is 20.3 Å². The van der Waals surface area contributed by atoms with Crippen LogP contribution < -0.4 is 5.32 Å². The third kappa shape index (κ3) is 8.12. The molecule has 1 unspecified atom stereocenters. The number of rotatable bonds is 4. The lowest BCUT2D eigenvalue weighted by atomic mass is 10.3. The van der Waals surface area contributed by atoms with Crippen molar-refractivity contribution in [3.63, 3.8) is 0 Å². The molecule has 0 amide bonds. The van der Waals surface area contributed by atoms with Crippen molar-refractivity contribution in [3.8, 4) is 0 Å². The van der Waals surface area contributed by atoms with Crippen molar-refractivity contribution in [2.75, 3.05) is 19.0 Å². The molecule has 0 saturated heterocycles. The van der Waals surface area contributed by atoms with E-state index in [1.807, 2.05) is 30.3 Å². The minimum absolute atomic E-state index is 0.149. The fourth-order valence-electron chi connectivity index (χ4n) is 0.990. The summed E-state index contributed by atoms with van der Waals surface area (Å²) in [6, 6.07) is 9.33. The van der Waals surface area contributed by atoms with Crippen LogP contribution in [-0.2, 0) is 14.3 Å². The first-order chi connectivity index (χ1) is 8.47. The zero-order valence-electron chi connectivity index (χ0n) is 10.3. The molecule has 0 aromatic heterocycles. The van der Waals surface area contributed by atoms with Gasteiger partial charge in [-0.15, -0.1) is 0 Å². The van der Waals surface area contributed by atoms with Gasteiger partial charge in [0.1, 0.15) is 0 Å².